The Morgan fingerprint density at radius 1 is 1.60 bits per heavy atom. The molecule has 3 nitrogen and oxygen atoms in total. The maximum Gasteiger partial charge on any atom is 0.0829 e. The molecule has 0 amide bonds. The highest BCUT2D eigenvalue weighted by atomic mass is 35.5. The van der Waals surface area contributed by atoms with Crippen LogP contribution in [0.2, 0.25) is 0 Å². The average Bonchev–Trinajstić information content (AvgIpc) is 2.28. The highest BCUT2D eigenvalue weighted by Crippen LogP contribution is 2.08. The Labute approximate surface area is 98.3 Å². The molecular weight excluding hydrogens is 212 g/mol. The van der Waals surface area contributed by atoms with Crippen molar-refractivity contribution >= 4 is 11.6 Å². The van der Waals surface area contributed by atoms with Crippen LogP contribution in [-0.2, 0) is 4.74 Å². The molecule has 0 aliphatic carbocycles. The van der Waals surface area contributed by atoms with E-state index in [1.54, 1.807) is 0 Å². The third-order valence-electron chi connectivity index (χ3n) is 3.14. The second-order valence-corrected chi connectivity index (χ2v) is 4.64. The molecular formula is C11H23ClN2O. The molecule has 1 fully saturated rings. The lowest BCUT2D eigenvalue weighted by Crippen LogP contribution is -2.48. The van der Waals surface area contributed by atoms with E-state index >= 15 is 0 Å². The van der Waals surface area contributed by atoms with Gasteiger partial charge in [0, 0.05) is 31.6 Å². The highest BCUT2D eigenvalue weighted by molar-refractivity contribution is 6.18. The van der Waals surface area contributed by atoms with Gasteiger partial charge in [0.1, 0.15) is 0 Å². The van der Waals surface area contributed by atoms with E-state index in [9.17, 15) is 0 Å². The number of hydrogen-bond donors (Lipinski definition) is 0. The van der Waals surface area contributed by atoms with Crippen LogP contribution in [0.15, 0.2) is 0 Å². The third-order valence-corrected chi connectivity index (χ3v) is 3.58. The van der Waals surface area contributed by atoms with Gasteiger partial charge in [-0.15, -0.1) is 11.6 Å². The number of halogens is 1. The zero-order chi connectivity index (χ0) is 11.3. The first-order valence-electron chi connectivity index (χ1n) is 5.77. The van der Waals surface area contributed by atoms with E-state index in [1.165, 1.54) is 0 Å². The highest BCUT2D eigenvalue weighted by Gasteiger charge is 2.21. The molecule has 0 radical (unpaired) electrons. The minimum atomic E-state index is 0.342. The van der Waals surface area contributed by atoms with Crippen molar-refractivity contribution in [2.45, 2.75) is 26.0 Å². The quantitative estimate of drug-likeness (QED) is 0.667. The van der Waals surface area contributed by atoms with E-state index in [-0.39, 0.29) is 0 Å². The topological polar surface area (TPSA) is 15.7 Å². The Morgan fingerprint density at radius 3 is 2.93 bits per heavy atom. The van der Waals surface area contributed by atoms with Crippen LogP contribution in [0.3, 0.4) is 0 Å². The van der Waals surface area contributed by atoms with E-state index in [0.717, 1.165) is 32.8 Å². The van der Waals surface area contributed by atoms with Gasteiger partial charge in [-0.3, -0.25) is 9.80 Å². The lowest BCUT2D eigenvalue weighted by atomic mass is 10.2. The predicted octanol–water partition coefficient (Wildman–Crippen LogP) is 1.27. The normalized spacial score (nSPS) is 25.8. The number of morpholine rings is 1. The molecule has 1 aliphatic rings. The van der Waals surface area contributed by atoms with E-state index in [2.05, 4.69) is 30.7 Å². The standard InChI is InChI=1S/C11H23ClN2O/c1-4-14-5-6-15-11(9-14)8-13(3)10(2)7-12/h10-11H,4-9H2,1-3H3. The van der Waals surface area contributed by atoms with Crippen molar-refractivity contribution in [3.05, 3.63) is 0 Å². The Bertz CT molecular complexity index is 180. The molecule has 0 aromatic heterocycles. The molecule has 1 rings (SSSR count). The fourth-order valence-electron chi connectivity index (χ4n) is 1.80. The fourth-order valence-corrected chi connectivity index (χ4v) is 2.03. The molecule has 0 aromatic carbocycles. The molecule has 1 heterocycles. The van der Waals surface area contributed by atoms with Gasteiger partial charge >= 0.3 is 0 Å². The first-order valence-corrected chi connectivity index (χ1v) is 6.31. The molecule has 0 bridgehead atoms. The summed E-state index contributed by atoms with van der Waals surface area (Å²) in [5.41, 5.74) is 0. The van der Waals surface area contributed by atoms with Crippen molar-refractivity contribution in [1.82, 2.24) is 9.80 Å². The summed E-state index contributed by atoms with van der Waals surface area (Å²) in [7, 11) is 2.11. The van der Waals surface area contributed by atoms with E-state index in [4.69, 9.17) is 16.3 Å². The monoisotopic (exact) mass is 234 g/mol. The maximum absolute atomic E-state index is 5.83. The van der Waals surface area contributed by atoms with Crippen LogP contribution in [0, 0.1) is 0 Å². The minimum Gasteiger partial charge on any atom is -0.374 e. The lowest BCUT2D eigenvalue weighted by Gasteiger charge is -2.35. The minimum absolute atomic E-state index is 0.342. The summed E-state index contributed by atoms with van der Waals surface area (Å²) in [5.74, 6) is 0.681. The van der Waals surface area contributed by atoms with Gasteiger partial charge in [-0.25, -0.2) is 0 Å². The Balaban J connectivity index is 2.31. The van der Waals surface area contributed by atoms with Crippen LogP contribution in [0.25, 0.3) is 0 Å². The van der Waals surface area contributed by atoms with Crippen LogP contribution in [0.5, 0.6) is 0 Å². The van der Waals surface area contributed by atoms with Crippen molar-refractivity contribution in [3.8, 4) is 0 Å². The predicted molar refractivity (Wildman–Crippen MR) is 64.7 cm³/mol. The first-order chi connectivity index (χ1) is 7.17. The van der Waals surface area contributed by atoms with Crippen LogP contribution in [-0.4, -0.2) is 67.7 Å². The molecule has 0 spiro atoms. The smallest absolute Gasteiger partial charge is 0.0829 e. The van der Waals surface area contributed by atoms with Gasteiger partial charge in [-0.05, 0) is 20.5 Å². The summed E-state index contributed by atoms with van der Waals surface area (Å²) >= 11 is 5.83. The Kier molecular flexibility index (Phi) is 5.90. The van der Waals surface area contributed by atoms with Crippen molar-refractivity contribution in [2.75, 3.05) is 45.7 Å². The number of alkyl halides is 1. The molecule has 0 saturated carbocycles. The second kappa shape index (κ2) is 6.69. The molecule has 2 atom stereocenters. The molecule has 0 aromatic rings. The maximum atomic E-state index is 5.83. The molecule has 15 heavy (non-hydrogen) atoms. The fraction of sp³-hybridized carbons (Fsp3) is 1.00. The van der Waals surface area contributed by atoms with Crippen LogP contribution < -0.4 is 0 Å². The number of likely N-dealkylation sites (N-methyl/N-ethyl adjacent to an activating group) is 2. The number of rotatable bonds is 5. The second-order valence-electron chi connectivity index (χ2n) is 4.33. The lowest BCUT2D eigenvalue weighted by molar-refractivity contribution is -0.0417. The largest absolute Gasteiger partial charge is 0.374 e. The van der Waals surface area contributed by atoms with Crippen LogP contribution in [0.1, 0.15) is 13.8 Å². The van der Waals surface area contributed by atoms with Crippen molar-refractivity contribution in [2.24, 2.45) is 0 Å². The Hall–Kier alpha value is 0.170. The number of hydrogen-bond acceptors (Lipinski definition) is 3. The number of nitrogens with zero attached hydrogens (tertiary/aromatic N) is 2. The SMILES string of the molecule is CCN1CCOC(CN(C)C(C)CCl)C1. The van der Waals surface area contributed by atoms with Gasteiger partial charge in [-0.2, -0.15) is 0 Å². The molecule has 4 heteroatoms. The summed E-state index contributed by atoms with van der Waals surface area (Å²) < 4.78 is 5.75. The van der Waals surface area contributed by atoms with E-state index in [0.29, 0.717) is 18.0 Å². The average molecular weight is 235 g/mol. The zero-order valence-electron chi connectivity index (χ0n) is 10.1. The molecule has 0 N–H and O–H groups in total. The summed E-state index contributed by atoms with van der Waals surface area (Å²) in [6, 6.07) is 0.423. The van der Waals surface area contributed by atoms with Gasteiger partial charge < -0.3 is 4.74 Å². The first kappa shape index (κ1) is 13.2. The summed E-state index contributed by atoms with van der Waals surface area (Å²) in [5, 5.41) is 0. The van der Waals surface area contributed by atoms with Gasteiger partial charge in [0.25, 0.3) is 0 Å². The molecule has 2 unspecified atom stereocenters. The van der Waals surface area contributed by atoms with Crippen molar-refractivity contribution in [3.63, 3.8) is 0 Å². The van der Waals surface area contributed by atoms with Crippen molar-refractivity contribution < 1.29 is 4.74 Å². The third kappa shape index (κ3) is 4.27. The van der Waals surface area contributed by atoms with E-state index < -0.39 is 0 Å². The molecule has 90 valence electrons. The molecule has 1 saturated heterocycles. The summed E-state index contributed by atoms with van der Waals surface area (Å²) in [6.45, 7) is 9.43. The summed E-state index contributed by atoms with van der Waals surface area (Å²) in [6.07, 6.45) is 0.342. The molecule has 1 aliphatic heterocycles. The zero-order valence-corrected chi connectivity index (χ0v) is 10.8. The van der Waals surface area contributed by atoms with E-state index in [1.807, 2.05) is 0 Å². The van der Waals surface area contributed by atoms with Gasteiger partial charge in [-0.1, -0.05) is 6.92 Å². The van der Waals surface area contributed by atoms with Gasteiger partial charge in [0.05, 0.1) is 12.7 Å². The summed E-state index contributed by atoms with van der Waals surface area (Å²) in [4.78, 5) is 4.71. The van der Waals surface area contributed by atoms with Crippen LogP contribution in [0.4, 0.5) is 0 Å². The van der Waals surface area contributed by atoms with Crippen LogP contribution >= 0.6 is 11.6 Å². The Morgan fingerprint density at radius 2 is 2.33 bits per heavy atom. The van der Waals surface area contributed by atoms with Crippen molar-refractivity contribution in [1.29, 1.82) is 0 Å². The van der Waals surface area contributed by atoms with Gasteiger partial charge in [0.15, 0.2) is 0 Å². The van der Waals surface area contributed by atoms with Gasteiger partial charge in [0.2, 0.25) is 0 Å². The number of ether oxygens (including phenoxy) is 1.